The first-order valence-corrected chi connectivity index (χ1v) is 7.50. The molecule has 0 N–H and O–H groups in total. The number of fused-ring (bicyclic) bond motifs is 2. The van der Waals surface area contributed by atoms with Crippen molar-refractivity contribution in [2.75, 3.05) is 11.4 Å². The molecule has 3 aromatic rings. The molecule has 5 nitrogen and oxygen atoms in total. The SMILES string of the molecule is CCN1C(C)=CC(c2ccc3ccccc3c2)n2nnnc21. The Morgan fingerprint density at radius 2 is 1.91 bits per heavy atom. The molecule has 2 heterocycles. The predicted molar refractivity (Wildman–Crippen MR) is 86.7 cm³/mol. The van der Waals surface area contributed by atoms with E-state index in [1.54, 1.807) is 0 Å². The van der Waals surface area contributed by atoms with E-state index in [1.165, 1.54) is 22.0 Å². The van der Waals surface area contributed by atoms with Crippen LogP contribution in [0.4, 0.5) is 5.95 Å². The van der Waals surface area contributed by atoms with Crippen LogP contribution in [0.5, 0.6) is 0 Å². The van der Waals surface area contributed by atoms with Gasteiger partial charge in [0.2, 0.25) is 0 Å². The highest BCUT2D eigenvalue weighted by Gasteiger charge is 2.27. The van der Waals surface area contributed by atoms with Gasteiger partial charge in [-0.05, 0) is 52.8 Å². The van der Waals surface area contributed by atoms with Crippen LogP contribution in [0.2, 0.25) is 0 Å². The maximum Gasteiger partial charge on any atom is 0.250 e. The van der Waals surface area contributed by atoms with E-state index in [-0.39, 0.29) is 6.04 Å². The Morgan fingerprint density at radius 3 is 2.73 bits per heavy atom. The molecule has 0 bridgehead atoms. The molecular formula is C17H17N5. The Morgan fingerprint density at radius 1 is 1.09 bits per heavy atom. The third-order valence-corrected chi connectivity index (χ3v) is 4.24. The predicted octanol–water partition coefficient (Wildman–Crippen LogP) is 3.16. The Hall–Kier alpha value is -2.69. The number of benzene rings is 2. The fraction of sp³-hybridized carbons (Fsp3) is 0.235. The van der Waals surface area contributed by atoms with E-state index in [1.807, 2.05) is 4.68 Å². The summed E-state index contributed by atoms with van der Waals surface area (Å²) in [5.41, 5.74) is 2.38. The second kappa shape index (κ2) is 4.94. The van der Waals surface area contributed by atoms with Gasteiger partial charge in [0.15, 0.2) is 0 Å². The van der Waals surface area contributed by atoms with Crippen molar-refractivity contribution < 1.29 is 0 Å². The number of anilines is 1. The van der Waals surface area contributed by atoms with E-state index in [9.17, 15) is 0 Å². The van der Waals surface area contributed by atoms with E-state index in [4.69, 9.17) is 0 Å². The highest BCUT2D eigenvalue weighted by molar-refractivity contribution is 5.83. The summed E-state index contributed by atoms with van der Waals surface area (Å²) in [5.74, 6) is 0.806. The number of tetrazole rings is 1. The molecule has 0 amide bonds. The first kappa shape index (κ1) is 13.0. The molecule has 1 atom stereocenters. The van der Waals surface area contributed by atoms with Gasteiger partial charge in [-0.15, -0.1) is 0 Å². The Balaban J connectivity index is 1.86. The lowest BCUT2D eigenvalue weighted by Crippen LogP contribution is -2.30. The summed E-state index contributed by atoms with van der Waals surface area (Å²) in [5, 5.41) is 14.7. The van der Waals surface area contributed by atoms with Gasteiger partial charge in [0.1, 0.15) is 6.04 Å². The third kappa shape index (κ3) is 1.89. The molecule has 0 fully saturated rings. The fourth-order valence-corrected chi connectivity index (χ4v) is 3.11. The smallest absolute Gasteiger partial charge is 0.250 e. The van der Waals surface area contributed by atoms with Gasteiger partial charge in [0.05, 0.1) is 0 Å². The lowest BCUT2D eigenvalue weighted by molar-refractivity contribution is 0.562. The number of nitrogens with zero attached hydrogens (tertiary/aromatic N) is 5. The van der Waals surface area contributed by atoms with Gasteiger partial charge >= 0.3 is 0 Å². The topological polar surface area (TPSA) is 46.8 Å². The van der Waals surface area contributed by atoms with Crippen molar-refractivity contribution in [3.8, 4) is 0 Å². The maximum absolute atomic E-state index is 4.20. The molecule has 0 spiro atoms. The van der Waals surface area contributed by atoms with E-state index in [0.29, 0.717) is 0 Å². The van der Waals surface area contributed by atoms with Crippen LogP contribution in [-0.2, 0) is 0 Å². The van der Waals surface area contributed by atoms with Gasteiger partial charge in [-0.3, -0.25) is 0 Å². The molecule has 1 unspecified atom stereocenters. The van der Waals surface area contributed by atoms with Crippen LogP contribution < -0.4 is 4.90 Å². The average Bonchev–Trinajstić information content (AvgIpc) is 3.03. The van der Waals surface area contributed by atoms with Gasteiger partial charge in [-0.2, -0.15) is 4.68 Å². The average molecular weight is 291 g/mol. The minimum absolute atomic E-state index is 0.0393. The molecule has 0 saturated heterocycles. The molecule has 4 rings (SSSR count). The zero-order chi connectivity index (χ0) is 15.1. The fourth-order valence-electron chi connectivity index (χ4n) is 3.11. The monoisotopic (exact) mass is 291 g/mol. The van der Waals surface area contributed by atoms with Crippen molar-refractivity contribution in [3.05, 3.63) is 59.8 Å². The highest BCUT2D eigenvalue weighted by atomic mass is 15.6. The minimum Gasteiger partial charge on any atom is -0.314 e. The van der Waals surface area contributed by atoms with Crippen LogP contribution in [0.25, 0.3) is 10.8 Å². The molecule has 0 aliphatic carbocycles. The van der Waals surface area contributed by atoms with E-state index < -0.39 is 0 Å². The van der Waals surface area contributed by atoms with Crippen molar-refractivity contribution in [1.29, 1.82) is 0 Å². The van der Waals surface area contributed by atoms with Crippen molar-refractivity contribution in [2.45, 2.75) is 19.9 Å². The largest absolute Gasteiger partial charge is 0.314 e. The minimum atomic E-state index is 0.0393. The van der Waals surface area contributed by atoms with Gasteiger partial charge in [0, 0.05) is 12.2 Å². The van der Waals surface area contributed by atoms with Gasteiger partial charge in [-0.1, -0.05) is 41.5 Å². The second-order valence-corrected chi connectivity index (χ2v) is 5.53. The maximum atomic E-state index is 4.20. The molecule has 1 aromatic heterocycles. The zero-order valence-corrected chi connectivity index (χ0v) is 12.6. The molecule has 5 heteroatoms. The number of aromatic nitrogens is 4. The molecule has 110 valence electrons. The van der Waals surface area contributed by atoms with Crippen LogP contribution in [0.1, 0.15) is 25.5 Å². The molecule has 0 radical (unpaired) electrons. The zero-order valence-electron chi connectivity index (χ0n) is 12.6. The molecule has 2 aromatic carbocycles. The number of allylic oxidation sites excluding steroid dienone is 2. The van der Waals surface area contributed by atoms with Crippen LogP contribution in [-0.4, -0.2) is 26.8 Å². The molecule has 22 heavy (non-hydrogen) atoms. The summed E-state index contributed by atoms with van der Waals surface area (Å²) in [6.07, 6.45) is 2.22. The summed E-state index contributed by atoms with van der Waals surface area (Å²) >= 11 is 0. The van der Waals surface area contributed by atoms with Crippen molar-refractivity contribution in [1.82, 2.24) is 20.2 Å². The Kier molecular flexibility index (Phi) is 2.92. The van der Waals surface area contributed by atoms with Crippen LogP contribution in [0.3, 0.4) is 0 Å². The summed E-state index contributed by atoms with van der Waals surface area (Å²) in [6, 6.07) is 15.0. The lowest BCUT2D eigenvalue weighted by atomic mass is 10.0. The molecule has 0 saturated carbocycles. The first-order chi connectivity index (χ1) is 10.8. The summed E-state index contributed by atoms with van der Waals surface area (Å²) in [7, 11) is 0. The standard InChI is InChI=1S/C17H17N5/c1-3-21-12(2)10-16(22-17(21)18-19-20-22)15-9-8-13-6-4-5-7-14(13)11-15/h4-11,16H,3H2,1-2H3. The quantitative estimate of drug-likeness (QED) is 0.727. The number of rotatable bonds is 2. The lowest BCUT2D eigenvalue weighted by Gasteiger charge is -2.30. The Labute approximate surface area is 128 Å². The number of hydrogen-bond acceptors (Lipinski definition) is 4. The van der Waals surface area contributed by atoms with E-state index in [0.717, 1.165) is 12.5 Å². The number of hydrogen-bond donors (Lipinski definition) is 0. The summed E-state index contributed by atoms with van der Waals surface area (Å²) in [6.45, 7) is 5.07. The van der Waals surface area contributed by atoms with Crippen molar-refractivity contribution >= 4 is 16.7 Å². The highest BCUT2D eigenvalue weighted by Crippen LogP contribution is 2.32. The molecular weight excluding hydrogens is 274 g/mol. The summed E-state index contributed by atoms with van der Waals surface area (Å²) in [4.78, 5) is 2.12. The van der Waals surface area contributed by atoms with E-state index in [2.05, 4.69) is 82.8 Å². The Bertz CT molecular complexity index is 864. The van der Waals surface area contributed by atoms with E-state index >= 15 is 0 Å². The van der Waals surface area contributed by atoms with Crippen molar-refractivity contribution in [3.63, 3.8) is 0 Å². The third-order valence-electron chi connectivity index (χ3n) is 4.24. The first-order valence-electron chi connectivity index (χ1n) is 7.50. The van der Waals surface area contributed by atoms with Crippen LogP contribution in [0.15, 0.2) is 54.2 Å². The van der Waals surface area contributed by atoms with Crippen LogP contribution in [0, 0.1) is 0 Å². The van der Waals surface area contributed by atoms with Gasteiger partial charge in [-0.25, -0.2) is 0 Å². The van der Waals surface area contributed by atoms with Crippen molar-refractivity contribution in [2.24, 2.45) is 0 Å². The van der Waals surface area contributed by atoms with Crippen LogP contribution >= 0.6 is 0 Å². The summed E-state index contributed by atoms with van der Waals surface area (Å²) < 4.78 is 1.89. The molecule has 1 aliphatic heterocycles. The second-order valence-electron chi connectivity index (χ2n) is 5.53. The molecule has 1 aliphatic rings. The normalized spacial score (nSPS) is 17.5. The van der Waals surface area contributed by atoms with Gasteiger partial charge < -0.3 is 4.90 Å². The van der Waals surface area contributed by atoms with Gasteiger partial charge in [0.25, 0.3) is 5.95 Å².